The van der Waals surface area contributed by atoms with Crippen LogP contribution in [0.4, 0.5) is 10.6 Å². The second kappa shape index (κ2) is 7.29. The van der Waals surface area contributed by atoms with E-state index in [1.807, 2.05) is 25.0 Å². The zero-order valence-corrected chi connectivity index (χ0v) is 18.4. The van der Waals surface area contributed by atoms with Gasteiger partial charge in [-0.3, -0.25) is 4.68 Å². The second-order valence-electron chi connectivity index (χ2n) is 8.85. The molecule has 2 fully saturated rings. The van der Waals surface area contributed by atoms with Crippen LogP contribution < -0.4 is 10.2 Å². The molecule has 1 aromatic carbocycles. The van der Waals surface area contributed by atoms with E-state index in [-0.39, 0.29) is 6.04 Å². The van der Waals surface area contributed by atoms with E-state index in [0.29, 0.717) is 19.0 Å². The van der Waals surface area contributed by atoms with Crippen LogP contribution in [0, 0.1) is 0 Å². The molecule has 4 aromatic rings. The number of anilines is 1. The second-order valence-corrected chi connectivity index (χ2v) is 8.85. The Kier molecular flexibility index (Phi) is 4.36. The fourth-order valence-electron chi connectivity index (χ4n) is 4.70. The number of hydrogen-bond donors (Lipinski definition) is 2. The van der Waals surface area contributed by atoms with Crippen molar-refractivity contribution in [2.24, 2.45) is 14.1 Å². The number of carboxylic acid groups (broad SMARTS) is 1. The lowest BCUT2D eigenvalue weighted by molar-refractivity contribution is 0.187. The van der Waals surface area contributed by atoms with Gasteiger partial charge < -0.3 is 15.3 Å². The van der Waals surface area contributed by atoms with Gasteiger partial charge in [-0.05, 0) is 24.3 Å². The first-order valence-electron chi connectivity index (χ1n) is 11.0. The summed E-state index contributed by atoms with van der Waals surface area (Å²) in [6.07, 6.45) is 4.91. The molecular weight excluding hydrogens is 420 g/mol. The van der Waals surface area contributed by atoms with Gasteiger partial charge >= 0.3 is 6.09 Å². The van der Waals surface area contributed by atoms with Gasteiger partial charge in [0.25, 0.3) is 0 Å². The molecule has 0 atom stereocenters. The van der Waals surface area contributed by atoms with Crippen molar-refractivity contribution < 1.29 is 9.90 Å². The summed E-state index contributed by atoms with van der Waals surface area (Å²) in [5.74, 6) is 1.46. The maximum absolute atomic E-state index is 11.0. The highest BCUT2D eigenvalue weighted by Crippen LogP contribution is 2.42. The highest BCUT2D eigenvalue weighted by Gasteiger charge is 2.32. The van der Waals surface area contributed by atoms with Crippen molar-refractivity contribution in [1.29, 1.82) is 0 Å². The summed E-state index contributed by atoms with van der Waals surface area (Å²) in [4.78, 5) is 22.0. The van der Waals surface area contributed by atoms with Crippen molar-refractivity contribution in [2.45, 2.75) is 24.8 Å². The van der Waals surface area contributed by atoms with Gasteiger partial charge in [-0.15, -0.1) is 0 Å². The first-order chi connectivity index (χ1) is 16.0. The van der Waals surface area contributed by atoms with Crippen LogP contribution in [0.1, 0.15) is 24.3 Å². The summed E-state index contributed by atoms with van der Waals surface area (Å²) in [6, 6.07) is 8.63. The lowest BCUT2D eigenvalue weighted by Gasteiger charge is -2.39. The number of aromatic nitrogens is 6. The van der Waals surface area contributed by atoms with E-state index in [1.54, 1.807) is 4.68 Å². The van der Waals surface area contributed by atoms with Gasteiger partial charge in [0.15, 0.2) is 5.65 Å². The molecule has 2 N–H and O–H groups in total. The third-order valence-electron chi connectivity index (χ3n) is 6.54. The Morgan fingerprint density at radius 2 is 1.85 bits per heavy atom. The first-order valence-corrected chi connectivity index (χ1v) is 11.0. The number of rotatable bonds is 5. The molecule has 1 saturated carbocycles. The van der Waals surface area contributed by atoms with Crippen LogP contribution in [-0.2, 0) is 14.1 Å². The van der Waals surface area contributed by atoms with Gasteiger partial charge in [-0.1, -0.05) is 24.3 Å². The van der Waals surface area contributed by atoms with Crippen LogP contribution in [0.2, 0.25) is 0 Å². The number of fused-ring (bicyclic) bond motifs is 1. The Hall–Kier alpha value is -3.95. The standard InChI is InChI=1S/C23H24N8O2/c1-29-20(15-7-5-14(6-8-15)13-3-4-13)17(9-26-29)19-18-21(30(2)28-19)24-12-25-22(18)31-10-16(11-31)27-23(32)33/h5-9,12-13,16,27H,3-4,10-11H2,1-2H3,(H,32,33). The summed E-state index contributed by atoms with van der Waals surface area (Å²) in [5, 5.41) is 21.7. The van der Waals surface area contributed by atoms with E-state index >= 15 is 0 Å². The molecule has 1 aliphatic carbocycles. The van der Waals surface area contributed by atoms with Crippen LogP contribution in [0.5, 0.6) is 0 Å². The SMILES string of the molecule is Cn1ncc(-c2nn(C)c3ncnc(N4CC(NC(=O)O)C4)c23)c1-c1ccc(C2CC2)cc1. The fraction of sp³-hybridized carbons (Fsp3) is 0.348. The van der Waals surface area contributed by atoms with E-state index in [4.69, 9.17) is 10.2 Å². The summed E-state index contributed by atoms with van der Waals surface area (Å²) < 4.78 is 3.64. The largest absolute Gasteiger partial charge is 0.465 e. The van der Waals surface area contributed by atoms with Crippen LogP contribution in [0.15, 0.2) is 36.8 Å². The van der Waals surface area contributed by atoms with Gasteiger partial charge in [0, 0.05) is 38.3 Å². The zero-order chi connectivity index (χ0) is 22.7. The highest BCUT2D eigenvalue weighted by molar-refractivity contribution is 6.02. The molecule has 1 saturated heterocycles. The Balaban J connectivity index is 1.43. The van der Waals surface area contributed by atoms with Crippen LogP contribution in [0.25, 0.3) is 33.5 Å². The van der Waals surface area contributed by atoms with Gasteiger partial charge in [-0.2, -0.15) is 10.2 Å². The predicted octanol–water partition coefficient (Wildman–Crippen LogP) is 2.76. The Morgan fingerprint density at radius 3 is 2.55 bits per heavy atom. The van der Waals surface area contributed by atoms with E-state index < -0.39 is 6.09 Å². The minimum absolute atomic E-state index is 0.119. The Labute approximate surface area is 189 Å². The minimum Gasteiger partial charge on any atom is -0.465 e. The molecule has 10 nitrogen and oxygen atoms in total. The molecule has 0 radical (unpaired) electrons. The number of amides is 1. The number of benzene rings is 1. The molecule has 2 aliphatic rings. The molecule has 10 heteroatoms. The molecule has 0 unspecified atom stereocenters. The highest BCUT2D eigenvalue weighted by atomic mass is 16.4. The molecular formula is C23H24N8O2. The van der Waals surface area contributed by atoms with Crippen molar-refractivity contribution in [3.8, 4) is 22.5 Å². The molecule has 4 heterocycles. The normalized spacial score (nSPS) is 16.2. The molecule has 3 aromatic heterocycles. The number of nitrogens with one attached hydrogen (secondary N) is 1. The average Bonchev–Trinajstić information content (AvgIpc) is 3.48. The predicted molar refractivity (Wildman–Crippen MR) is 123 cm³/mol. The summed E-state index contributed by atoms with van der Waals surface area (Å²) >= 11 is 0. The summed E-state index contributed by atoms with van der Waals surface area (Å²) in [5.41, 5.74) is 5.88. The Bertz CT molecular complexity index is 1360. The van der Waals surface area contributed by atoms with E-state index in [2.05, 4.69) is 49.5 Å². The molecule has 33 heavy (non-hydrogen) atoms. The third-order valence-corrected chi connectivity index (χ3v) is 6.54. The maximum Gasteiger partial charge on any atom is 0.405 e. The third kappa shape index (κ3) is 3.29. The fourth-order valence-corrected chi connectivity index (χ4v) is 4.70. The van der Waals surface area contributed by atoms with Crippen molar-refractivity contribution in [2.75, 3.05) is 18.0 Å². The summed E-state index contributed by atoms with van der Waals surface area (Å²) in [7, 11) is 3.81. The van der Waals surface area contributed by atoms with Crippen molar-refractivity contribution in [3.63, 3.8) is 0 Å². The van der Waals surface area contributed by atoms with E-state index in [9.17, 15) is 4.79 Å². The van der Waals surface area contributed by atoms with E-state index in [1.165, 1.54) is 24.7 Å². The van der Waals surface area contributed by atoms with Gasteiger partial charge in [0.1, 0.15) is 17.8 Å². The van der Waals surface area contributed by atoms with Crippen LogP contribution in [-0.4, -0.2) is 59.9 Å². The Morgan fingerprint density at radius 1 is 1.09 bits per heavy atom. The first kappa shape index (κ1) is 19.7. The van der Waals surface area contributed by atoms with Gasteiger partial charge in [0.05, 0.1) is 23.3 Å². The van der Waals surface area contributed by atoms with Crippen LogP contribution >= 0.6 is 0 Å². The molecule has 1 amide bonds. The monoisotopic (exact) mass is 444 g/mol. The summed E-state index contributed by atoms with van der Waals surface area (Å²) in [6.45, 7) is 1.10. The zero-order valence-electron chi connectivity index (χ0n) is 18.4. The number of carbonyl (C=O) groups is 1. The average molecular weight is 444 g/mol. The maximum atomic E-state index is 11.0. The molecule has 0 spiro atoms. The smallest absolute Gasteiger partial charge is 0.405 e. The minimum atomic E-state index is -1.01. The number of nitrogens with zero attached hydrogens (tertiary/aromatic N) is 7. The van der Waals surface area contributed by atoms with Gasteiger partial charge in [-0.25, -0.2) is 19.4 Å². The van der Waals surface area contributed by atoms with Gasteiger partial charge in [0.2, 0.25) is 0 Å². The topological polar surface area (TPSA) is 114 Å². The van der Waals surface area contributed by atoms with E-state index in [0.717, 1.165) is 39.4 Å². The lowest BCUT2D eigenvalue weighted by Crippen LogP contribution is -2.59. The van der Waals surface area contributed by atoms with Crippen molar-refractivity contribution in [3.05, 3.63) is 42.4 Å². The quantitative estimate of drug-likeness (QED) is 0.486. The number of hydrogen-bond acceptors (Lipinski definition) is 6. The van der Waals surface area contributed by atoms with Crippen molar-refractivity contribution in [1.82, 2.24) is 34.8 Å². The van der Waals surface area contributed by atoms with Crippen LogP contribution in [0.3, 0.4) is 0 Å². The van der Waals surface area contributed by atoms with Crippen molar-refractivity contribution >= 4 is 22.9 Å². The number of aryl methyl sites for hydroxylation is 2. The molecule has 168 valence electrons. The molecule has 0 bridgehead atoms. The lowest BCUT2D eigenvalue weighted by atomic mass is 10.0. The molecule has 6 rings (SSSR count). The molecule has 1 aliphatic heterocycles.